The van der Waals surface area contributed by atoms with E-state index in [-0.39, 0.29) is 24.0 Å². The number of hydrogen-bond acceptors (Lipinski definition) is 2. The van der Waals surface area contributed by atoms with E-state index in [1.54, 1.807) is 24.3 Å². The minimum absolute atomic E-state index is 0.149. The fourth-order valence-corrected chi connectivity index (χ4v) is 1.94. The van der Waals surface area contributed by atoms with Crippen molar-refractivity contribution >= 4 is 34.8 Å². The van der Waals surface area contributed by atoms with E-state index in [2.05, 4.69) is 5.32 Å². The zero-order valence-corrected chi connectivity index (χ0v) is 12.4. The largest absolute Gasteiger partial charge is 0.493 e. The summed E-state index contributed by atoms with van der Waals surface area (Å²) in [5, 5.41) is 3.37. The first-order valence-corrected chi connectivity index (χ1v) is 6.93. The SMILES string of the molecule is O=C(CCOc1ccc(Cl)cc1)Nc1ccc(F)cc1Cl. The predicted octanol–water partition coefficient (Wildman–Crippen LogP) is 4.54. The van der Waals surface area contributed by atoms with E-state index in [0.717, 1.165) is 6.07 Å². The molecule has 0 fully saturated rings. The van der Waals surface area contributed by atoms with Gasteiger partial charge in [-0.3, -0.25) is 4.79 Å². The molecule has 0 aromatic heterocycles. The Morgan fingerprint density at radius 2 is 1.86 bits per heavy atom. The number of hydrogen-bond donors (Lipinski definition) is 1. The molecule has 0 aliphatic heterocycles. The van der Waals surface area contributed by atoms with Gasteiger partial charge in [0.1, 0.15) is 11.6 Å². The second-order valence-electron chi connectivity index (χ2n) is 4.22. The van der Waals surface area contributed by atoms with Crippen LogP contribution in [0, 0.1) is 5.82 Å². The molecule has 0 saturated carbocycles. The smallest absolute Gasteiger partial charge is 0.227 e. The van der Waals surface area contributed by atoms with Gasteiger partial charge in [0.05, 0.1) is 23.7 Å². The van der Waals surface area contributed by atoms with Gasteiger partial charge in [-0.1, -0.05) is 23.2 Å². The van der Waals surface area contributed by atoms with Crippen molar-refractivity contribution in [3.05, 3.63) is 58.3 Å². The Labute approximate surface area is 131 Å². The average Bonchev–Trinajstić information content (AvgIpc) is 2.44. The summed E-state index contributed by atoms with van der Waals surface area (Å²) in [4.78, 5) is 11.7. The van der Waals surface area contributed by atoms with Gasteiger partial charge in [0, 0.05) is 5.02 Å². The molecule has 21 heavy (non-hydrogen) atoms. The second-order valence-corrected chi connectivity index (χ2v) is 5.07. The first kappa shape index (κ1) is 15.6. The number of halogens is 3. The Kier molecular flexibility index (Phi) is 5.42. The fraction of sp³-hybridized carbons (Fsp3) is 0.133. The molecule has 110 valence electrons. The lowest BCUT2D eigenvalue weighted by Gasteiger charge is -2.08. The summed E-state index contributed by atoms with van der Waals surface area (Å²) >= 11 is 11.6. The van der Waals surface area contributed by atoms with Gasteiger partial charge in [-0.25, -0.2) is 4.39 Å². The molecule has 0 unspecified atom stereocenters. The van der Waals surface area contributed by atoms with Crippen LogP contribution in [-0.4, -0.2) is 12.5 Å². The minimum Gasteiger partial charge on any atom is -0.493 e. The first-order valence-electron chi connectivity index (χ1n) is 6.18. The molecule has 2 rings (SSSR count). The van der Waals surface area contributed by atoms with Gasteiger partial charge < -0.3 is 10.1 Å². The van der Waals surface area contributed by atoms with E-state index in [1.165, 1.54) is 12.1 Å². The Morgan fingerprint density at radius 3 is 2.52 bits per heavy atom. The highest BCUT2D eigenvalue weighted by Gasteiger charge is 2.07. The summed E-state index contributed by atoms with van der Waals surface area (Å²) in [7, 11) is 0. The third-order valence-electron chi connectivity index (χ3n) is 2.62. The van der Waals surface area contributed by atoms with E-state index in [4.69, 9.17) is 27.9 Å². The number of amides is 1. The number of ether oxygens (including phenoxy) is 1. The van der Waals surface area contributed by atoms with Gasteiger partial charge in [0.25, 0.3) is 0 Å². The predicted molar refractivity (Wildman–Crippen MR) is 81.6 cm³/mol. The molecule has 0 bridgehead atoms. The van der Waals surface area contributed by atoms with Crippen molar-refractivity contribution < 1.29 is 13.9 Å². The van der Waals surface area contributed by atoms with Crippen molar-refractivity contribution in [3.8, 4) is 5.75 Å². The molecular formula is C15H12Cl2FNO2. The molecule has 0 atom stereocenters. The van der Waals surface area contributed by atoms with Crippen LogP contribution in [-0.2, 0) is 4.79 Å². The maximum absolute atomic E-state index is 12.9. The third kappa shape index (κ3) is 4.92. The Bertz CT molecular complexity index is 632. The lowest BCUT2D eigenvalue weighted by Crippen LogP contribution is -2.15. The molecule has 0 heterocycles. The zero-order valence-electron chi connectivity index (χ0n) is 10.9. The molecule has 0 aliphatic rings. The van der Waals surface area contributed by atoms with E-state index in [0.29, 0.717) is 16.5 Å². The van der Waals surface area contributed by atoms with Crippen molar-refractivity contribution in [1.29, 1.82) is 0 Å². The second kappa shape index (κ2) is 7.29. The lowest BCUT2D eigenvalue weighted by molar-refractivity contribution is -0.116. The fourth-order valence-electron chi connectivity index (χ4n) is 1.60. The number of nitrogens with one attached hydrogen (secondary N) is 1. The van der Waals surface area contributed by atoms with Gasteiger partial charge >= 0.3 is 0 Å². The normalized spacial score (nSPS) is 10.2. The van der Waals surface area contributed by atoms with Gasteiger partial charge in [-0.2, -0.15) is 0 Å². The van der Waals surface area contributed by atoms with Crippen LogP contribution in [0.25, 0.3) is 0 Å². The van der Waals surface area contributed by atoms with Crippen LogP contribution in [0.2, 0.25) is 10.0 Å². The van der Waals surface area contributed by atoms with Crippen LogP contribution in [0.1, 0.15) is 6.42 Å². The van der Waals surface area contributed by atoms with Crippen LogP contribution in [0.3, 0.4) is 0 Å². The van der Waals surface area contributed by atoms with Crippen molar-refractivity contribution in [2.75, 3.05) is 11.9 Å². The van der Waals surface area contributed by atoms with Crippen LogP contribution < -0.4 is 10.1 Å². The molecule has 2 aromatic rings. The average molecular weight is 328 g/mol. The molecule has 1 N–H and O–H groups in total. The molecule has 2 aromatic carbocycles. The topological polar surface area (TPSA) is 38.3 Å². The van der Waals surface area contributed by atoms with Crippen LogP contribution in [0.5, 0.6) is 5.75 Å². The number of anilines is 1. The summed E-state index contributed by atoms with van der Waals surface area (Å²) in [6, 6.07) is 10.6. The van der Waals surface area contributed by atoms with Crippen molar-refractivity contribution in [1.82, 2.24) is 0 Å². The highest BCUT2D eigenvalue weighted by atomic mass is 35.5. The van der Waals surface area contributed by atoms with Gasteiger partial charge in [0.15, 0.2) is 0 Å². The highest BCUT2D eigenvalue weighted by Crippen LogP contribution is 2.22. The molecule has 6 heteroatoms. The summed E-state index contributed by atoms with van der Waals surface area (Å²) in [6.07, 6.45) is 0.149. The maximum atomic E-state index is 12.9. The first-order chi connectivity index (χ1) is 10.0. The summed E-state index contributed by atoms with van der Waals surface area (Å²) in [5.41, 5.74) is 0.370. The Balaban J connectivity index is 1.81. The molecule has 1 amide bonds. The molecule has 3 nitrogen and oxygen atoms in total. The van der Waals surface area contributed by atoms with E-state index >= 15 is 0 Å². The lowest BCUT2D eigenvalue weighted by atomic mass is 10.3. The van der Waals surface area contributed by atoms with E-state index in [1.807, 2.05) is 0 Å². The van der Waals surface area contributed by atoms with Crippen LogP contribution in [0.15, 0.2) is 42.5 Å². The quantitative estimate of drug-likeness (QED) is 0.875. The van der Waals surface area contributed by atoms with E-state index in [9.17, 15) is 9.18 Å². The number of benzene rings is 2. The third-order valence-corrected chi connectivity index (χ3v) is 3.18. The number of rotatable bonds is 5. The van der Waals surface area contributed by atoms with Gasteiger partial charge in [-0.15, -0.1) is 0 Å². The number of carbonyl (C=O) groups excluding carboxylic acids is 1. The molecule has 0 aliphatic carbocycles. The zero-order chi connectivity index (χ0) is 15.2. The van der Waals surface area contributed by atoms with Crippen molar-refractivity contribution in [3.63, 3.8) is 0 Å². The summed E-state index contributed by atoms with van der Waals surface area (Å²) in [6.45, 7) is 0.215. The van der Waals surface area contributed by atoms with Gasteiger partial charge in [0.2, 0.25) is 5.91 Å². The van der Waals surface area contributed by atoms with Crippen molar-refractivity contribution in [2.45, 2.75) is 6.42 Å². The van der Waals surface area contributed by atoms with E-state index < -0.39 is 5.82 Å². The standard InChI is InChI=1S/C15H12Cl2FNO2/c16-10-1-4-12(5-2-10)21-8-7-15(20)19-14-6-3-11(18)9-13(14)17/h1-6,9H,7-8H2,(H,19,20). The molecular weight excluding hydrogens is 316 g/mol. The molecule has 0 spiro atoms. The number of carbonyl (C=O) groups is 1. The molecule has 0 radical (unpaired) electrons. The highest BCUT2D eigenvalue weighted by molar-refractivity contribution is 6.33. The maximum Gasteiger partial charge on any atom is 0.227 e. The summed E-state index contributed by atoms with van der Waals surface area (Å²) < 4.78 is 18.3. The summed E-state index contributed by atoms with van der Waals surface area (Å²) in [5.74, 6) is -0.0893. The van der Waals surface area contributed by atoms with Crippen LogP contribution in [0.4, 0.5) is 10.1 Å². The van der Waals surface area contributed by atoms with Crippen molar-refractivity contribution in [2.24, 2.45) is 0 Å². The molecule has 0 saturated heterocycles. The Hall–Kier alpha value is -1.78. The monoisotopic (exact) mass is 327 g/mol. The van der Waals surface area contributed by atoms with Crippen LogP contribution >= 0.6 is 23.2 Å². The minimum atomic E-state index is -0.455. The van der Waals surface area contributed by atoms with Gasteiger partial charge in [-0.05, 0) is 42.5 Å². The Morgan fingerprint density at radius 1 is 1.14 bits per heavy atom.